The first-order chi connectivity index (χ1) is 13.0. The molecule has 0 saturated carbocycles. The van der Waals surface area contributed by atoms with Crippen LogP contribution in [0, 0.1) is 0 Å². The largest absolute Gasteiger partial charge is 0.507 e. The lowest BCUT2D eigenvalue weighted by Gasteiger charge is -2.11. The van der Waals surface area contributed by atoms with Gasteiger partial charge in [0.1, 0.15) is 12.3 Å². The molecular weight excluding hydrogens is 346 g/mol. The van der Waals surface area contributed by atoms with E-state index in [0.29, 0.717) is 12.0 Å². The van der Waals surface area contributed by atoms with Crippen molar-refractivity contribution in [3.05, 3.63) is 77.4 Å². The molecule has 3 amide bonds. The van der Waals surface area contributed by atoms with Gasteiger partial charge in [0.2, 0.25) is 0 Å². The number of amides is 3. The Balaban J connectivity index is 1.61. The zero-order valence-corrected chi connectivity index (χ0v) is 14.4. The third-order valence-corrected chi connectivity index (χ3v) is 4.05. The monoisotopic (exact) mass is 363 g/mol. The van der Waals surface area contributed by atoms with Gasteiger partial charge in [0.05, 0.1) is 17.3 Å². The molecule has 0 atom stereocenters. The third kappa shape index (κ3) is 3.77. The summed E-state index contributed by atoms with van der Waals surface area (Å²) in [6.07, 6.45) is 3.64. The van der Waals surface area contributed by atoms with Crippen molar-refractivity contribution in [1.82, 2.24) is 10.3 Å². The van der Waals surface area contributed by atoms with Gasteiger partial charge in [-0.3, -0.25) is 19.3 Å². The number of phenolic OH excluding ortho intramolecular Hbond substituents is 1. The van der Waals surface area contributed by atoms with Crippen molar-refractivity contribution in [2.75, 3.05) is 6.54 Å². The summed E-state index contributed by atoms with van der Waals surface area (Å²) in [5, 5.41) is 13.7. The first-order valence-corrected chi connectivity index (χ1v) is 8.21. The van der Waals surface area contributed by atoms with Crippen molar-refractivity contribution in [1.29, 1.82) is 0 Å². The first kappa shape index (κ1) is 18.1. The van der Waals surface area contributed by atoms with Crippen LogP contribution in [0.25, 0.3) is 0 Å². The number of imide groups is 1. The molecule has 0 unspecified atom stereocenters. The fourth-order valence-electron chi connectivity index (χ4n) is 2.73. The molecule has 0 aliphatic carbocycles. The molecule has 0 aromatic heterocycles. The number of hydrogen-bond donors (Lipinski definition) is 2. The summed E-state index contributed by atoms with van der Waals surface area (Å²) >= 11 is 0. The van der Waals surface area contributed by atoms with Gasteiger partial charge in [0.25, 0.3) is 17.7 Å². The molecule has 136 valence electrons. The average molecular weight is 363 g/mol. The molecule has 0 fully saturated rings. The number of nitrogens with one attached hydrogen (secondary N) is 1. The van der Waals surface area contributed by atoms with Crippen molar-refractivity contribution in [3.8, 4) is 5.75 Å². The SMILES string of the molecule is C=CCc1ccc(C=NNC(=O)CN2C(=O)c3ccccc3C2=O)c(O)c1. The molecule has 0 spiro atoms. The van der Waals surface area contributed by atoms with E-state index in [1.807, 2.05) is 6.07 Å². The maximum absolute atomic E-state index is 12.2. The number of allylic oxidation sites excluding steroid dienone is 1. The van der Waals surface area contributed by atoms with Crippen molar-refractivity contribution in [3.63, 3.8) is 0 Å². The molecule has 3 rings (SSSR count). The predicted molar refractivity (Wildman–Crippen MR) is 99.6 cm³/mol. The normalized spacial score (nSPS) is 13.1. The van der Waals surface area contributed by atoms with Crippen LogP contribution in [-0.2, 0) is 11.2 Å². The molecule has 1 heterocycles. The van der Waals surface area contributed by atoms with E-state index < -0.39 is 24.3 Å². The van der Waals surface area contributed by atoms with Crippen molar-refractivity contribution in [2.24, 2.45) is 5.10 Å². The smallest absolute Gasteiger partial charge is 0.262 e. The van der Waals surface area contributed by atoms with E-state index in [2.05, 4.69) is 17.1 Å². The Morgan fingerprint density at radius 2 is 1.81 bits per heavy atom. The average Bonchev–Trinajstić information content (AvgIpc) is 2.89. The summed E-state index contributed by atoms with van der Waals surface area (Å²) < 4.78 is 0. The lowest BCUT2D eigenvalue weighted by atomic mass is 10.1. The number of phenols is 1. The highest BCUT2D eigenvalue weighted by Gasteiger charge is 2.36. The van der Waals surface area contributed by atoms with Gasteiger partial charge in [-0.1, -0.05) is 24.3 Å². The molecule has 7 heteroatoms. The highest BCUT2D eigenvalue weighted by molar-refractivity contribution is 6.22. The molecule has 0 saturated heterocycles. The summed E-state index contributed by atoms with van der Waals surface area (Å²) in [7, 11) is 0. The van der Waals surface area contributed by atoms with Crippen LogP contribution in [0.1, 0.15) is 31.8 Å². The summed E-state index contributed by atoms with van der Waals surface area (Å²) in [6, 6.07) is 11.5. The van der Waals surface area contributed by atoms with Gasteiger partial charge < -0.3 is 5.11 Å². The number of benzene rings is 2. The lowest BCUT2D eigenvalue weighted by molar-refractivity contribution is -0.121. The Bertz CT molecular complexity index is 930. The second-order valence-electron chi connectivity index (χ2n) is 5.92. The quantitative estimate of drug-likeness (QED) is 0.354. The maximum atomic E-state index is 12.2. The number of carbonyl (C=O) groups excluding carboxylic acids is 3. The summed E-state index contributed by atoms with van der Waals surface area (Å²) in [4.78, 5) is 37.3. The minimum absolute atomic E-state index is 0.0210. The zero-order chi connectivity index (χ0) is 19.4. The Morgan fingerprint density at radius 1 is 1.15 bits per heavy atom. The van der Waals surface area contributed by atoms with Gasteiger partial charge >= 0.3 is 0 Å². The van der Waals surface area contributed by atoms with Crippen LogP contribution >= 0.6 is 0 Å². The van der Waals surface area contributed by atoms with E-state index >= 15 is 0 Å². The Hall–Kier alpha value is -3.74. The first-order valence-electron chi connectivity index (χ1n) is 8.21. The minimum Gasteiger partial charge on any atom is -0.507 e. The predicted octanol–water partition coefficient (Wildman–Crippen LogP) is 1.87. The fraction of sp³-hybridized carbons (Fsp3) is 0.100. The molecule has 2 aromatic rings. The molecule has 2 N–H and O–H groups in total. The zero-order valence-electron chi connectivity index (χ0n) is 14.4. The molecule has 0 radical (unpaired) electrons. The topological polar surface area (TPSA) is 99.1 Å². The Labute approximate surface area is 155 Å². The number of aromatic hydroxyl groups is 1. The van der Waals surface area contributed by atoms with Crippen LogP contribution in [0.5, 0.6) is 5.75 Å². The standard InChI is InChI=1S/C20H17N3O4/c1-2-5-13-8-9-14(17(24)10-13)11-21-22-18(25)12-23-19(26)15-6-3-4-7-16(15)20(23)27/h2-4,6-11,24H,1,5,12H2,(H,22,25). The molecule has 1 aliphatic heterocycles. The number of carbonyl (C=O) groups is 3. The summed E-state index contributed by atoms with van der Waals surface area (Å²) in [6.45, 7) is 3.20. The van der Waals surface area contributed by atoms with Gasteiger partial charge in [0.15, 0.2) is 0 Å². The van der Waals surface area contributed by atoms with Crippen molar-refractivity contribution >= 4 is 23.9 Å². The number of hydrogen-bond acceptors (Lipinski definition) is 5. The van der Waals surface area contributed by atoms with Crippen LogP contribution in [0.15, 0.2) is 60.2 Å². The lowest BCUT2D eigenvalue weighted by Crippen LogP contribution is -2.38. The number of rotatable bonds is 6. The summed E-state index contributed by atoms with van der Waals surface area (Å²) in [5.41, 5.74) is 4.13. The molecule has 1 aliphatic rings. The van der Waals surface area contributed by atoms with E-state index in [1.54, 1.807) is 42.5 Å². The number of nitrogens with zero attached hydrogens (tertiary/aromatic N) is 2. The van der Waals surface area contributed by atoms with E-state index in [1.165, 1.54) is 6.21 Å². The molecule has 2 aromatic carbocycles. The highest BCUT2D eigenvalue weighted by atomic mass is 16.3. The maximum Gasteiger partial charge on any atom is 0.262 e. The number of fused-ring (bicyclic) bond motifs is 1. The molecule has 0 bridgehead atoms. The fourth-order valence-corrected chi connectivity index (χ4v) is 2.73. The Kier molecular flexibility index (Phi) is 5.12. The van der Waals surface area contributed by atoms with Gasteiger partial charge in [-0.2, -0.15) is 5.10 Å². The van der Waals surface area contributed by atoms with Gasteiger partial charge in [-0.15, -0.1) is 6.58 Å². The second kappa shape index (κ2) is 7.65. The van der Waals surface area contributed by atoms with Gasteiger partial charge in [-0.05, 0) is 36.2 Å². The summed E-state index contributed by atoms with van der Waals surface area (Å²) in [5.74, 6) is -1.62. The molecule has 7 nitrogen and oxygen atoms in total. The van der Waals surface area contributed by atoms with Crippen LogP contribution in [0.3, 0.4) is 0 Å². The van der Waals surface area contributed by atoms with Crippen LogP contribution in [-0.4, -0.2) is 40.5 Å². The highest BCUT2D eigenvalue weighted by Crippen LogP contribution is 2.22. The second-order valence-corrected chi connectivity index (χ2v) is 5.92. The Morgan fingerprint density at radius 3 is 2.41 bits per heavy atom. The van der Waals surface area contributed by atoms with E-state index in [9.17, 15) is 19.5 Å². The van der Waals surface area contributed by atoms with E-state index in [4.69, 9.17) is 0 Å². The third-order valence-electron chi connectivity index (χ3n) is 4.05. The van der Waals surface area contributed by atoms with Crippen molar-refractivity contribution in [2.45, 2.75) is 6.42 Å². The number of hydrazone groups is 1. The van der Waals surface area contributed by atoms with Crippen LogP contribution in [0.2, 0.25) is 0 Å². The van der Waals surface area contributed by atoms with Crippen molar-refractivity contribution < 1.29 is 19.5 Å². The van der Waals surface area contributed by atoms with Gasteiger partial charge in [0, 0.05) is 5.56 Å². The van der Waals surface area contributed by atoms with E-state index in [-0.39, 0.29) is 16.9 Å². The van der Waals surface area contributed by atoms with Crippen LogP contribution < -0.4 is 5.43 Å². The minimum atomic E-state index is -0.622. The van der Waals surface area contributed by atoms with E-state index in [0.717, 1.165) is 10.5 Å². The molecular formula is C20H17N3O4. The van der Waals surface area contributed by atoms with Gasteiger partial charge in [-0.25, -0.2) is 5.43 Å². The molecule has 27 heavy (non-hydrogen) atoms. The van der Waals surface area contributed by atoms with Crippen LogP contribution in [0.4, 0.5) is 0 Å².